The number of nitrogens with zero attached hydrogens (tertiary/aromatic N) is 2. The van der Waals surface area contributed by atoms with E-state index in [1.807, 2.05) is 18.7 Å². The van der Waals surface area contributed by atoms with Crippen LogP contribution in [0.3, 0.4) is 0 Å². The van der Waals surface area contributed by atoms with Crippen molar-refractivity contribution in [2.75, 3.05) is 13.1 Å². The fourth-order valence-electron chi connectivity index (χ4n) is 2.30. The van der Waals surface area contributed by atoms with Crippen LogP contribution < -0.4 is 5.73 Å². The van der Waals surface area contributed by atoms with Gasteiger partial charge in [-0.2, -0.15) is 0 Å². The van der Waals surface area contributed by atoms with Gasteiger partial charge in [0.2, 0.25) is 0 Å². The minimum Gasteiger partial charge on any atom is -0.370 e. The molecule has 104 valence electrons. The molecule has 0 unspecified atom stereocenters. The summed E-state index contributed by atoms with van der Waals surface area (Å²) in [5.41, 5.74) is 6.52. The first-order valence-corrected chi connectivity index (χ1v) is 6.98. The van der Waals surface area contributed by atoms with Gasteiger partial charge in [-0.25, -0.2) is 9.38 Å². The lowest BCUT2D eigenvalue weighted by Crippen LogP contribution is -2.37. The summed E-state index contributed by atoms with van der Waals surface area (Å²) in [6.07, 6.45) is 0.808. The topological polar surface area (TPSA) is 41.6 Å². The van der Waals surface area contributed by atoms with Crippen LogP contribution in [0.4, 0.5) is 4.39 Å². The van der Waals surface area contributed by atoms with Crippen molar-refractivity contribution in [1.29, 1.82) is 0 Å². The third-order valence-electron chi connectivity index (χ3n) is 3.51. The molecule has 0 saturated heterocycles. The zero-order valence-electron chi connectivity index (χ0n) is 11.2. The number of halogens is 2. The summed E-state index contributed by atoms with van der Waals surface area (Å²) in [6, 6.07) is 4.82. The fourth-order valence-corrected chi connectivity index (χ4v) is 2.60. The largest absolute Gasteiger partial charge is 0.370 e. The third-order valence-corrected chi connectivity index (χ3v) is 3.84. The summed E-state index contributed by atoms with van der Waals surface area (Å²) in [5, 5.41) is 0.476. The van der Waals surface area contributed by atoms with Gasteiger partial charge in [-0.15, -0.1) is 0 Å². The Hall–Kier alpha value is -1.29. The van der Waals surface area contributed by atoms with Gasteiger partial charge >= 0.3 is 0 Å². The van der Waals surface area contributed by atoms with E-state index < -0.39 is 0 Å². The SMILES string of the molecule is CCN(CC)C(N)=N[C@@H]1C[C@H]1c1c(F)cccc1Cl. The van der Waals surface area contributed by atoms with Crippen LogP contribution in [0.2, 0.25) is 5.02 Å². The van der Waals surface area contributed by atoms with Crippen molar-refractivity contribution in [3.63, 3.8) is 0 Å². The Morgan fingerprint density at radius 3 is 2.74 bits per heavy atom. The van der Waals surface area contributed by atoms with Gasteiger partial charge in [0.15, 0.2) is 5.96 Å². The zero-order valence-corrected chi connectivity index (χ0v) is 12.0. The second-order valence-corrected chi connectivity index (χ2v) is 5.11. The summed E-state index contributed by atoms with van der Waals surface area (Å²) in [7, 11) is 0. The molecule has 0 radical (unpaired) electrons. The quantitative estimate of drug-likeness (QED) is 0.682. The predicted octanol–water partition coefficient (Wildman–Crippen LogP) is 2.99. The van der Waals surface area contributed by atoms with E-state index in [0.717, 1.165) is 19.5 Å². The Morgan fingerprint density at radius 2 is 2.16 bits per heavy atom. The summed E-state index contributed by atoms with van der Waals surface area (Å²) in [5.74, 6) is 0.337. The third kappa shape index (κ3) is 3.00. The van der Waals surface area contributed by atoms with Gasteiger partial charge in [-0.3, -0.25) is 0 Å². The van der Waals surface area contributed by atoms with Crippen LogP contribution in [0.25, 0.3) is 0 Å². The van der Waals surface area contributed by atoms with Crippen LogP contribution in [0, 0.1) is 5.82 Å². The maximum absolute atomic E-state index is 13.8. The Kier molecular flexibility index (Phi) is 4.30. The molecule has 2 N–H and O–H groups in total. The maximum atomic E-state index is 13.8. The molecule has 3 nitrogen and oxygen atoms in total. The number of hydrogen-bond acceptors (Lipinski definition) is 1. The number of benzene rings is 1. The van der Waals surface area contributed by atoms with Crippen molar-refractivity contribution in [3.05, 3.63) is 34.6 Å². The van der Waals surface area contributed by atoms with E-state index in [-0.39, 0.29) is 17.8 Å². The van der Waals surface area contributed by atoms with Crippen molar-refractivity contribution in [2.24, 2.45) is 10.7 Å². The molecular weight excluding hydrogens is 265 g/mol. The molecule has 0 heterocycles. The first kappa shape index (κ1) is 14.1. The van der Waals surface area contributed by atoms with Crippen LogP contribution in [0.15, 0.2) is 23.2 Å². The smallest absolute Gasteiger partial charge is 0.191 e. The highest BCUT2D eigenvalue weighted by molar-refractivity contribution is 6.31. The van der Waals surface area contributed by atoms with Crippen molar-refractivity contribution >= 4 is 17.6 Å². The molecule has 0 aromatic heterocycles. The lowest BCUT2D eigenvalue weighted by molar-refractivity contribution is 0.458. The van der Waals surface area contributed by atoms with Gasteiger partial charge in [0.05, 0.1) is 6.04 Å². The molecule has 1 aromatic rings. The highest BCUT2D eigenvalue weighted by atomic mass is 35.5. The van der Waals surface area contributed by atoms with Gasteiger partial charge in [-0.05, 0) is 32.4 Å². The highest BCUT2D eigenvalue weighted by Crippen LogP contribution is 2.47. The first-order valence-electron chi connectivity index (χ1n) is 6.60. The normalized spacial score (nSPS) is 22.4. The van der Waals surface area contributed by atoms with Crippen LogP contribution in [-0.4, -0.2) is 30.0 Å². The van der Waals surface area contributed by atoms with Crippen molar-refractivity contribution < 1.29 is 4.39 Å². The predicted molar refractivity (Wildman–Crippen MR) is 77.1 cm³/mol. The molecular formula is C14H19ClFN3. The Labute approximate surface area is 118 Å². The molecule has 5 heteroatoms. The van der Waals surface area contributed by atoms with E-state index in [4.69, 9.17) is 17.3 Å². The second-order valence-electron chi connectivity index (χ2n) is 4.70. The van der Waals surface area contributed by atoms with Crippen LogP contribution >= 0.6 is 11.6 Å². The van der Waals surface area contributed by atoms with Crippen molar-refractivity contribution in [3.8, 4) is 0 Å². The van der Waals surface area contributed by atoms with Crippen molar-refractivity contribution in [1.82, 2.24) is 4.90 Å². The molecule has 2 rings (SSSR count). The number of nitrogens with two attached hydrogens (primary N) is 1. The Bertz CT molecular complexity index is 465. The minimum absolute atomic E-state index is 0.0509. The van der Waals surface area contributed by atoms with Crippen LogP contribution in [-0.2, 0) is 0 Å². The molecule has 1 fully saturated rings. The average molecular weight is 284 g/mol. The molecule has 0 spiro atoms. The highest BCUT2D eigenvalue weighted by Gasteiger charge is 2.41. The summed E-state index contributed by atoms with van der Waals surface area (Å²) >= 11 is 6.05. The standard InChI is InChI=1S/C14H19ClFN3/c1-3-19(4-2)14(17)18-12-8-9(12)13-10(15)6-5-7-11(13)16/h5-7,9,12H,3-4,8H2,1-2H3,(H2,17,18)/t9-,12-/m1/s1. The van der Waals surface area contributed by atoms with Crippen molar-refractivity contribution in [2.45, 2.75) is 32.2 Å². The summed E-state index contributed by atoms with van der Waals surface area (Å²) in [4.78, 5) is 6.45. The number of aliphatic imine (C=N–C) groups is 1. The number of hydrogen-bond donors (Lipinski definition) is 1. The zero-order chi connectivity index (χ0) is 14.0. The molecule has 0 amide bonds. The van der Waals surface area contributed by atoms with Gasteiger partial charge in [0.1, 0.15) is 5.82 Å². The molecule has 0 aliphatic heterocycles. The van der Waals surface area contributed by atoms with E-state index in [1.165, 1.54) is 6.07 Å². The van der Waals surface area contributed by atoms with Gasteiger partial charge in [-0.1, -0.05) is 17.7 Å². The maximum Gasteiger partial charge on any atom is 0.191 e. The van der Waals surface area contributed by atoms with Crippen LogP contribution in [0.1, 0.15) is 31.7 Å². The molecule has 1 aliphatic rings. The average Bonchev–Trinajstić information content (AvgIpc) is 3.09. The molecule has 1 saturated carbocycles. The monoisotopic (exact) mass is 283 g/mol. The number of guanidine groups is 1. The Morgan fingerprint density at radius 1 is 1.47 bits per heavy atom. The van der Waals surface area contributed by atoms with E-state index in [1.54, 1.807) is 12.1 Å². The second kappa shape index (κ2) is 5.78. The van der Waals surface area contributed by atoms with E-state index in [0.29, 0.717) is 16.5 Å². The lowest BCUT2D eigenvalue weighted by Gasteiger charge is -2.19. The summed E-state index contributed by atoms with van der Waals surface area (Å²) < 4.78 is 13.8. The lowest BCUT2D eigenvalue weighted by atomic mass is 10.1. The Balaban J connectivity index is 2.11. The van der Waals surface area contributed by atoms with E-state index in [9.17, 15) is 4.39 Å². The fraction of sp³-hybridized carbons (Fsp3) is 0.500. The molecule has 19 heavy (non-hydrogen) atoms. The van der Waals surface area contributed by atoms with Crippen LogP contribution in [0.5, 0.6) is 0 Å². The van der Waals surface area contributed by atoms with Gasteiger partial charge < -0.3 is 10.6 Å². The molecule has 1 aliphatic carbocycles. The minimum atomic E-state index is -0.253. The molecule has 0 bridgehead atoms. The van der Waals surface area contributed by atoms with E-state index >= 15 is 0 Å². The molecule has 1 aromatic carbocycles. The van der Waals surface area contributed by atoms with Gasteiger partial charge in [0, 0.05) is 29.6 Å². The van der Waals surface area contributed by atoms with E-state index in [2.05, 4.69) is 4.99 Å². The number of rotatable bonds is 4. The first-order chi connectivity index (χ1) is 9.08. The summed E-state index contributed by atoms with van der Waals surface area (Å²) in [6.45, 7) is 5.71. The van der Waals surface area contributed by atoms with Gasteiger partial charge in [0.25, 0.3) is 0 Å². The molecule has 2 atom stereocenters.